The zero-order valence-corrected chi connectivity index (χ0v) is 18.0. The minimum Gasteiger partial charge on any atom is -0.505 e. The highest BCUT2D eigenvalue weighted by Crippen LogP contribution is 2.35. The third-order valence-electron chi connectivity index (χ3n) is 4.85. The Kier molecular flexibility index (Phi) is 7.58. The Bertz CT molecular complexity index is 861. The van der Waals surface area contributed by atoms with Gasteiger partial charge in [0.1, 0.15) is 5.75 Å². The standard InChI is InChI=1S/C21H22Cl2N2O3S/c22-17-10-15(11-18(23)20(17)27)24-21(29)25-19(26)12-28-16-8-6-14(7-9-16)13-4-2-1-3-5-13/h6-11,13,27H,1-5,12H2,(H2,24,25,26,29). The predicted octanol–water partition coefficient (Wildman–Crippen LogP) is 5.64. The van der Waals surface area contributed by atoms with Crippen LogP contribution in [0.2, 0.25) is 10.0 Å². The van der Waals surface area contributed by atoms with Crippen LogP contribution in [0.15, 0.2) is 36.4 Å². The molecule has 154 valence electrons. The van der Waals surface area contributed by atoms with Gasteiger partial charge in [0.25, 0.3) is 5.91 Å². The first-order chi connectivity index (χ1) is 13.9. The van der Waals surface area contributed by atoms with Gasteiger partial charge in [-0.3, -0.25) is 10.1 Å². The number of ether oxygens (including phenoxy) is 1. The maximum Gasteiger partial charge on any atom is 0.264 e. The fraction of sp³-hybridized carbons (Fsp3) is 0.333. The van der Waals surface area contributed by atoms with Crippen LogP contribution in [0.25, 0.3) is 0 Å². The highest BCUT2D eigenvalue weighted by atomic mass is 35.5. The molecule has 1 aliphatic rings. The third kappa shape index (κ3) is 6.23. The summed E-state index contributed by atoms with van der Waals surface area (Å²) in [5.41, 5.74) is 1.78. The van der Waals surface area contributed by atoms with Crippen molar-refractivity contribution in [1.82, 2.24) is 5.32 Å². The Labute approximate surface area is 185 Å². The number of amides is 1. The topological polar surface area (TPSA) is 70.6 Å². The van der Waals surface area contributed by atoms with Gasteiger partial charge in [-0.2, -0.15) is 0 Å². The van der Waals surface area contributed by atoms with Gasteiger partial charge >= 0.3 is 0 Å². The Morgan fingerprint density at radius 2 is 1.72 bits per heavy atom. The smallest absolute Gasteiger partial charge is 0.264 e. The van der Waals surface area contributed by atoms with Crippen LogP contribution in [-0.4, -0.2) is 22.7 Å². The molecule has 0 atom stereocenters. The van der Waals surface area contributed by atoms with Gasteiger partial charge in [-0.05, 0) is 60.8 Å². The molecule has 5 nitrogen and oxygen atoms in total. The molecule has 0 radical (unpaired) electrons. The fourth-order valence-electron chi connectivity index (χ4n) is 3.38. The number of carbonyl (C=O) groups is 1. The number of carbonyl (C=O) groups excluding carboxylic acids is 1. The van der Waals surface area contributed by atoms with E-state index in [0.29, 0.717) is 17.4 Å². The zero-order chi connectivity index (χ0) is 20.8. The maximum absolute atomic E-state index is 12.1. The number of rotatable bonds is 5. The Morgan fingerprint density at radius 3 is 2.34 bits per heavy atom. The van der Waals surface area contributed by atoms with Gasteiger partial charge in [-0.25, -0.2) is 0 Å². The molecular formula is C21H22Cl2N2O3S. The van der Waals surface area contributed by atoms with Gasteiger partial charge in [-0.15, -0.1) is 0 Å². The van der Waals surface area contributed by atoms with Crippen molar-refractivity contribution in [3.63, 3.8) is 0 Å². The van der Waals surface area contributed by atoms with E-state index in [0.717, 1.165) is 0 Å². The largest absolute Gasteiger partial charge is 0.505 e. The Hall–Kier alpha value is -2.02. The van der Waals surface area contributed by atoms with Crippen molar-refractivity contribution in [2.24, 2.45) is 0 Å². The van der Waals surface area contributed by atoms with Crippen molar-refractivity contribution in [3.05, 3.63) is 52.0 Å². The fourth-order valence-corrected chi connectivity index (χ4v) is 4.10. The first kappa shape index (κ1) is 21.7. The van der Waals surface area contributed by atoms with Crippen LogP contribution in [0.4, 0.5) is 5.69 Å². The molecule has 0 heterocycles. The lowest BCUT2D eigenvalue weighted by molar-refractivity contribution is -0.121. The summed E-state index contributed by atoms with van der Waals surface area (Å²) >= 11 is 16.8. The molecule has 2 aromatic rings. The summed E-state index contributed by atoms with van der Waals surface area (Å²) < 4.78 is 5.54. The molecule has 1 fully saturated rings. The Morgan fingerprint density at radius 1 is 1.10 bits per heavy atom. The quantitative estimate of drug-likeness (QED) is 0.404. The van der Waals surface area contributed by atoms with Gasteiger partial charge in [0.05, 0.1) is 10.0 Å². The average Bonchev–Trinajstić information content (AvgIpc) is 2.71. The first-order valence-electron chi connectivity index (χ1n) is 9.44. The van der Waals surface area contributed by atoms with E-state index in [1.54, 1.807) is 0 Å². The van der Waals surface area contributed by atoms with Gasteiger partial charge in [0.15, 0.2) is 17.5 Å². The molecule has 2 aromatic carbocycles. The minimum absolute atomic E-state index is 0.0732. The van der Waals surface area contributed by atoms with Crippen LogP contribution < -0.4 is 15.4 Å². The molecule has 29 heavy (non-hydrogen) atoms. The molecule has 1 amide bonds. The highest BCUT2D eigenvalue weighted by molar-refractivity contribution is 7.80. The van der Waals surface area contributed by atoms with Gasteiger partial charge in [0, 0.05) is 5.69 Å². The molecule has 0 spiro atoms. The number of thiocarbonyl (C=S) groups is 1. The number of phenolic OH excluding ortho intramolecular Hbond substituents is 1. The van der Waals surface area contributed by atoms with Crippen LogP contribution >= 0.6 is 35.4 Å². The van der Waals surface area contributed by atoms with Gasteiger partial charge in [-0.1, -0.05) is 54.6 Å². The molecule has 0 bridgehead atoms. The normalized spacial score (nSPS) is 14.3. The van der Waals surface area contributed by atoms with Crippen molar-refractivity contribution >= 4 is 52.1 Å². The van der Waals surface area contributed by atoms with Crippen molar-refractivity contribution in [3.8, 4) is 11.5 Å². The van der Waals surface area contributed by atoms with Crippen LogP contribution in [0.1, 0.15) is 43.6 Å². The monoisotopic (exact) mass is 452 g/mol. The van der Waals surface area contributed by atoms with E-state index in [2.05, 4.69) is 22.8 Å². The SMILES string of the molecule is O=C(COc1ccc(C2CCCCC2)cc1)NC(=S)Nc1cc(Cl)c(O)c(Cl)c1. The molecular weight excluding hydrogens is 431 g/mol. The molecule has 0 saturated heterocycles. The second-order valence-electron chi connectivity index (χ2n) is 6.98. The average molecular weight is 453 g/mol. The molecule has 8 heteroatoms. The van der Waals surface area contributed by atoms with Crippen LogP contribution in [0.3, 0.4) is 0 Å². The predicted molar refractivity (Wildman–Crippen MR) is 120 cm³/mol. The van der Waals surface area contributed by atoms with Crippen molar-refractivity contribution in [2.45, 2.75) is 38.0 Å². The number of hydrogen-bond donors (Lipinski definition) is 3. The number of anilines is 1. The van der Waals surface area contributed by atoms with Gasteiger partial charge in [0.2, 0.25) is 0 Å². The summed E-state index contributed by atoms with van der Waals surface area (Å²) in [6, 6.07) is 10.8. The highest BCUT2D eigenvalue weighted by Gasteiger charge is 2.15. The summed E-state index contributed by atoms with van der Waals surface area (Å²) in [6.07, 6.45) is 6.39. The number of phenols is 1. The minimum atomic E-state index is -0.394. The van der Waals surface area contributed by atoms with E-state index in [-0.39, 0.29) is 27.5 Å². The van der Waals surface area contributed by atoms with E-state index < -0.39 is 5.91 Å². The maximum atomic E-state index is 12.1. The number of benzene rings is 2. The number of hydrogen-bond acceptors (Lipinski definition) is 4. The third-order valence-corrected chi connectivity index (χ3v) is 5.63. The van der Waals surface area contributed by atoms with Crippen LogP contribution in [-0.2, 0) is 4.79 Å². The molecule has 3 rings (SSSR count). The Balaban J connectivity index is 1.46. The molecule has 0 aliphatic heterocycles. The van der Waals surface area contributed by atoms with Gasteiger partial charge < -0.3 is 15.2 Å². The van der Waals surface area contributed by atoms with Crippen molar-refractivity contribution in [2.75, 3.05) is 11.9 Å². The van der Waals surface area contributed by atoms with E-state index in [1.807, 2.05) is 12.1 Å². The second kappa shape index (κ2) is 10.1. The number of halogens is 2. The summed E-state index contributed by atoms with van der Waals surface area (Å²) in [7, 11) is 0. The number of nitrogens with one attached hydrogen (secondary N) is 2. The lowest BCUT2D eigenvalue weighted by atomic mass is 9.84. The van der Waals surface area contributed by atoms with E-state index in [4.69, 9.17) is 40.2 Å². The van der Waals surface area contributed by atoms with E-state index in [1.165, 1.54) is 49.8 Å². The van der Waals surface area contributed by atoms with Crippen LogP contribution in [0, 0.1) is 0 Å². The summed E-state index contributed by atoms with van der Waals surface area (Å²) in [4.78, 5) is 12.1. The molecule has 0 unspecified atom stereocenters. The summed E-state index contributed by atoms with van der Waals surface area (Å²) in [5.74, 6) is 0.661. The van der Waals surface area contributed by atoms with Crippen molar-refractivity contribution < 1.29 is 14.6 Å². The first-order valence-corrected chi connectivity index (χ1v) is 10.6. The number of aromatic hydroxyl groups is 1. The lowest BCUT2D eigenvalue weighted by Crippen LogP contribution is -2.37. The van der Waals surface area contributed by atoms with E-state index >= 15 is 0 Å². The second-order valence-corrected chi connectivity index (χ2v) is 8.21. The zero-order valence-electron chi connectivity index (χ0n) is 15.7. The lowest BCUT2D eigenvalue weighted by Gasteiger charge is -2.22. The molecule has 1 saturated carbocycles. The van der Waals surface area contributed by atoms with Crippen molar-refractivity contribution in [1.29, 1.82) is 0 Å². The van der Waals surface area contributed by atoms with Crippen LogP contribution in [0.5, 0.6) is 11.5 Å². The molecule has 1 aliphatic carbocycles. The summed E-state index contributed by atoms with van der Waals surface area (Å²) in [6.45, 7) is -0.165. The van der Waals surface area contributed by atoms with E-state index in [9.17, 15) is 9.90 Å². The molecule has 0 aromatic heterocycles. The summed E-state index contributed by atoms with van der Waals surface area (Å²) in [5, 5.41) is 15.1. The molecule has 3 N–H and O–H groups in total.